The predicted molar refractivity (Wildman–Crippen MR) is 47.7 cm³/mol. The summed E-state index contributed by atoms with van der Waals surface area (Å²) in [6.45, 7) is 3.05. The largest absolute Gasteiger partial charge is 0.462 e. The Kier molecular flexibility index (Phi) is 3.46. The highest BCUT2D eigenvalue weighted by Gasteiger charge is 2.05. The van der Waals surface area contributed by atoms with Crippen LogP contribution < -0.4 is 0 Å². The third kappa shape index (κ3) is 2.56. The van der Waals surface area contributed by atoms with E-state index < -0.39 is 0 Å². The summed E-state index contributed by atoms with van der Waals surface area (Å²) in [5, 5.41) is 8.70. The van der Waals surface area contributed by atoms with Crippen LogP contribution in [0, 0.1) is 6.61 Å². The normalized spacial score (nSPS) is 9.69. The highest BCUT2D eigenvalue weighted by Crippen LogP contribution is 2.07. The zero-order valence-corrected chi connectivity index (χ0v) is 7.36. The van der Waals surface area contributed by atoms with E-state index >= 15 is 0 Å². The van der Waals surface area contributed by atoms with Crippen molar-refractivity contribution in [1.29, 1.82) is 0 Å². The first-order chi connectivity index (χ1) is 6.27. The van der Waals surface area contributed by atoms with E-state index in [9.17, 15) is 4.79 Å². The number of carbonyl (C=O) groups excluding carboxylic acids is 1. The van der Waals surface area contributed by atoms with Gasteiger partial charge in [-0.1, -0.05) is 12.1 Å². The molecule has 0 amide bonds. The maximum Gasteiger partial charge on any atom is 0.338 e. The van der Waals surface area contributed by atoms with E-state index in [2.05, 4.69) is 0 Å². The fraction of sp³-hybridized carbons (Fsp3) is 0.200. The second-order valence-corrected chi connectivity index (χ2v) is 2.48. The highest BCUT2D eigenvalue weighted by atomic mass is 16.5. The predicted octanol–water partition coefficient (Wildman–Crippen LogP) is 1.75. The number of carbonyl (C=O) groups is 1. The Morgan fingerprint density at radius 3 is 3.00 bits per heavy atom. The van der Waals surface area contributed by atoms with Crippen LogP contribution in [0.25, 0.3) is 0 Å². The maximum atomic E-state index is 11.2. The van der Waals surface area contributed by atoms with Crippen LogP contribution in [-0.4, -0.2) is 17.7 Å². The van der Waals surface area contributed by atoms with Crippen LogP contribution >= 0.6 is 0 Å². The molecule has 0 heterocycles. The lowest BCUT2D eigenvalue weighted by molar-refractivity contribution is 0.0526. The van der Waals surface area contributed by atoms with Crippen molar-refractivity contribution >= 4 is 5.97 Å². The molecule has 3 nitrogen and oxygen atoms in total. The van der Waals surface area contributed by atoms with Gasteiger partial charge in [-0.25, -0.2) is 4.79 Å². The fourth-order valence-corrected chi connectivity index (χ4v) is 0.960. The van der Waals surface area contributed by atoms with Gasteiger partial charge in [-0.05, 0) is 24.6 Å². The molecule has 13 heavy (non-hydrogen) atoms. The molecule has 0 saturated heterocycles. The zero-order valence-electron chi connectivity index (χ0n) is 7.36. The minimum atomic E-state index is -0.369. The molecule has 1 rings (SSSR count). The summed E-state index contributed by atoms with van der Waals surface area (Å²) in [6, 6.07) is 6.60. The molecule has 1 radical (unpaired) electrons. The molecule has 0 atom stereocenters. The summed E-state index contributed by atoms with van der Waals surface area (Å²) >= 11 is 0. The molecule has 1 aromatic rings. The van der Waals surface area contributed by atoms with Gasteiger partial charge in [0, 0.05) is 0 Å². The first kappa shape index (κ1) is 9.74. The standard InChI is InChI=1S/C10H11O3/c1-2-13-10(12)9-5-3-4-8(6-9)7-11/h3-7,11H,2H2,1H3. The van der Waals surface area contributed by atoms with Crippen molar-refractivity contribution in [3.8, 4) is 0 Å². The van der Waals surface area contributed by atoms with Gasteiger partial charge >= 0.3 is 5.97 Å². The first-order valence-corrected chi connectivity index (χ1v) is 4.02. The van der Waals surface area contributed by atoms with Crippen LogP contribution in [-0.2, 0) is 4.74 Å². The van der Waals surface area contributed by atoms with Crippen LogP contribution in [0.4, 0.5) is 0 Å². The van der Waals surface area contributed by atoms with Gasteiger partial charge in [0.2, 0.25) is 0 Å². The Labute approximate surface area is 77.0 Å². The molecule has 1 aromatic carbocycles. The molecule has 0 aromatic heterocycles. The van der Waals surface area contributed by atoms with Gasteiger partial charge in [-0.3, -0.25) is 0 Å². The van der Waals surface area contributed by atoms with Crippen molar-refractivity contribution in [2.24, 2.45) is 0 Å². The molecule has 69 valence electrons. The topological polar surface area (TPSA) is 46.5 Å². The minimum absolute atomic E-state index is 0.353. The van der Waals surface area contributed by atoms with Gasteiger partial charge in [-0.15, -0.1) is 0 Å². The quantitative estimate of drug-likeness (QED) is 0.719. The zero-order chi connectivity index (χ0) is 9.68. The molecule has 0 unspecified atom stereocenters. The van der Waals surface area contributed by atoms with Crippen LogP contribution in [0.5, 0.6) is 0 Å². The number of aliphatic hydroxyl groups is 1. The maximum absolute atomic E-state index is 11.2. The molecule has 1 N–H and O–H groups in total. The first-order valence-electron chi connectivity index (χ1n) is 4.02. The SMILES string of the molecule is CCOC(=O)c1cccc([CH]O)c1. The third-order valence-corrected chi connectivity index (χ3v) is 1.55. The van der Waals surface area contributed by atoms with Crippen molar-refractivity contribution in [3.63, 3.8) is 0 Å². The molecule has 0 fully saturated rings. The lowest BCUT2D eigenvalue weighted by Gasteiger charge is -2.02. The van der Waals surface area contributed by atoms with Crippen LogP contribution in [0.3, 0.4) is 0 Å². The van der Waals surface area contributed by atoms with Crippen LogP contribution in [0.1, 0.15) is 22.8 Å². The van der Waals surface area contributed by atoms with Crippen molar-refractivity contribution < 1.29 is 14.6 Å². The van der Waals surface area contributed by atoms with Crippen molar-refractivity contribution in [2.75, 3.05) is 6.61 Å². The van der Waals surface area contributed by atoms with E-state index in [0.29, 0.717) is 17.7 Å². The number of ether oxygens (including phenoxy) is 1. The number of rotatable bonds is 3. The summed E-state index contributed by atoms with van der Waals surface area (Å²) in [5.74, 6) is -0.369. The number of hydrogen-bond donors (Lipinski definition) is 1. The smallest absolute Gasteiger partial charge is 0.338 e. The van der Waals surface area contributed by atoms with Gasteiger partial charge in [0.15, 0.2) is 0 Å². The average Bonchev–Trinajstić information content (AvgIpc) is 2.18. The summed E-state index contributed by atoms with van der Waals surface area (Å²) < 4.78 is 4.79. The Morgan fingerprint density at radius 1 is 1.62 bits per heavy atom. The van der Waals surface area contributed by atoms with E-state index in [4.69, 9.17) is 9.84 Å². The van der Waals surface area contributed by atoms with Gasteiger partial charge in [-0.2, -0.15) is 0 Å². The lowest BCUT2D eigenvalue weighted by Crippen LogP contribution is -2.04. The van der Waals surface area contributed by atoms with Crippen molar-refractivity contribution in [2.45, 2.75) is 6.92 Å². The summed E-state index contributed by atoms with van der Waals surface area (Å²) in [4.78, 5) is 11.2. The molecular formula is C10H11O3. The Bertz CT molecular complexity index is 294. The molecule has 0 aliphatic heterocycles. The van der Waals surface area contributed by atoms with E-state index in [1.165, 1.54) is 0 Å². The Morgan fingerprint density at radius 2 is 2.38 bits per heavy atom. The Hall–Kier alpha value is -1.35. The molecule has 0 aliphatic rings. The monoisotopic (exact) mass is 179 g/mol. The fourth-order valence-electron chi connectivity index (χ4n) is 0.960. The molecule has 0 aliphatic carbocycles. The van der Waals surface area contributed by atoms with Crippen molar-refractivity contribution in [3.05, 3.63) is 42.0 Å². The van der Waals surface area contributed by atoms with Gasteiger partial charge < -0.3 is 9.84 Å². The molecule has 0 bridgehead atoms. The second kappa shape index (κ2) is 4.62. The number of hydrogen-bond acceptors (Lipinski definition) is 3. The van der Waals surface area contributed by atoms with Crippen LogP contribution in [0.2, 0.25) is 0 Å². The van der Waals surface area contributed by atoms with E-state index in [1.54, 1.807) is 31.2 Å². The number of esters is 1. The van der Waals surface area contributed by atoms with Crippen molar-refractivity contribution in [1.82, 2.24) is 0 Å². The Balaban J connectivity index is 2.82. The average molecular weight is 179 g/mol. The summed E-state index contributed by atoms with van der Waals surface area (Å²) in [7, 11) is 0. The third-order valence-electron chi connectivity index (χ3n) is 1.55. The lowest BCUT2D eigenvalue weighted by atomic mass is 10.1. The molecule has 0 saturated carbocycles. The minimum Gasteiger partial charge on any atom is -0.462 e. The number of benzene rings is 1. The molecule has 0 spiro atoms. The molecular weight excluding hydrogens is 168 g/mol. The summed E-state index contributed by atoms with van der Waals surface area (Å²) in [6.07, 6.45) is 0. The molecule has 3 heteroatoms. The number of aliphatic hydroxyl groups excluding tert-OH is 1. The van der Waals surface area contributed by atoms with E-state index in [0.717, 1.165) is 6.61 Å². The van der Waals surface area contributed by atoms with Gasteiger partial charge in [0.1, 0.15) is 6.61 Å². The summed E-state index contributed by atoms with van der Waals surface area (Å²) in [5.41, 5.74) is 1.04. The second-order valence-electron chi connectivity index (χ2n) is 2.48. The highest BCUT2D eigenvalue weighted by molar-refractivity contribution is 5.89. The van der Waals surface area contributed by atoms with Crippen LogP contribution in [0.15, 0.2) is 24.3 Å². The van der Waals surface area contributed by atoms with E-state index in [-0.39, 0.29) is 5.97 Å². The van der Waals surface area contributed by atoms with Gasteiger partial charge in [0.05, 0.1) is 12.2 Å². The van der Waals surface area contributed by atoms with Gasteiger partial charge in [0.25, 0.3) is 0 Å². The van der Waals surface area contributed by atoms with E-state index in [1.807, 2.05) is 0 Å².